The first-order valence-electron chi connectivity index (χ1n) is 11.6. The van der Waals surface area contributed by atoms with Crippen molar-refractivity contribution in [3.63, 3.8) is 0 Å². The smallest absolute Gasteiger partial charge is 0.359 e. The van der Waals surface area contributed by atoms with Crippen LogP contribution in [-0.2, 0) is 24.2 Å². The van der Waals surface area contributed by atoms with E-state index in [9.17, 15) is 9.59 Å². The van der Waals surface area contributed by atoms with E-state index in [-0.39, 0.29) is 24.9 Å². The molecule has 1 N–H and O–H groups in total. The maximum absolute atomic E-state index is 13.0. The number of benzene rings is 2. The minimum atomic E-state index is -0.506. The van der Waals surface area contributed by atoms with Crippen LogP contribution in [0.2, 0.25) is 0 Å². The molecule has 1 aliphatic rings. The van der Waals surface area contributed by atoms with Crippen molar-refractivity contribution >= 4 is 12.0 Å². The molecule has 0 bridgehead atoms. The van der Waals surface area contributed by atoms with Gasteiger partial charge in [0.2, 0.25) is 0 Å². The van der Waals surface area contributed by atoms with Crippen molar-refractivity contribution in [3.8, 4) is 22.9 Å². The van der Waals surface area contributed by atoms with Gasteiger partial charge in [-0.15, -0.1) is 0 Å². The number of ether oxygens (including phenoxy) is 4. The molecule has 0 saturated carbocycles. The summed E-state index contributed by atoms with van der Waals surface area (Å²) in [6.45, 7) is 3.03. The minimum absolute atomic E-state index is 0.222. The molecule has 1 aliphatic heterocycles. The van der Waals surface area contributed by atoms with Gasteiger partial charge in [-0.2, -0.15) is 5.10 Å². The third-order valence-corrected chi connectivity index (χ3v) is 6.02. The molecule has 2 heterocycles. The first-order valence-corrected chi connectivity index (χ1v) is 11.6. The van der Waals surface area contributed by atoms with Crippen LogP contribution in [-0.4, -0.2) is 61.2 Å². The summed E-state index contributed by atoms with van der Waals surface area (Å²) in [6, 6.07) is 12.7. The van der Waals surface area contributed by atoms with Crippen LogP contribution in [0.1, 0.15) is 34.2 Å². The van der Waals surface area contributed by atoms with E-state index in [0.717, 1.165) is 22.7 Å². The van der Waals surface area contributed by atoms with Gasteiger partial charge in [0.1, 0.15) is 5.75 Å². The molecule has 10 heteroatoms. The fourth-order valence-corrected chi connectivity index (χ4v) is 4.17. The van der Waals surface area contributed by atoms with Crippen LogP contribution in [0, 0.1) is 0 Å². The quantitative estimate of drug-likeness (QED) is 0.479. The lowest BCUT2D eigenvalue weighted by Gasteiger charge is -2.28. The van der Waals surface area contributed by atoms with E-state index in [1.807, 2.05) is 36.4 Å². The molecular formula is C26H30N4O6. The second kappa shape index (κ2) is 11.0. The Morgan fingerprint density at radius 2 is 1.75 bits per heavy atom. The number of hydrogen-bond donors (Lipinski definition) is 1. The highest BCUT2D eigenvalue weighted by atomic mass is 16.5. The van der Waals surface area contributed by atoms with E-state index in [2.05, 4.69) is 10.4 Å². The van der Waals surface area contributed by atoms with E-state index < -0.39 is 5.97 Å². The summed E-state index contributed by atoms with van der Waals surface area (Å²) in [5.74, 6) is 1.43. The summed E-state index contributed by atoms with van der Waals surface area (Å²) < 4.78 is 22.8. The second-order valence-electron chi connectivity index (χ2n) is 8.12. The highest BCUT2D eigenvalue weighted by molar-refractivity contribution is 5.89. The monoisotopic (exact) mass is 494 g/mol. The number of esters is 1. The Balaban J connectivity index is 1.54. The Morgan fingerprint density at radius 3 is 2.42 bits per heavy atom. The van der Waals surface area contributed by atoms with Gasteiger partial charge in [-0.3, -0.25) is 0 Å². The zero-order chi connectivity index (χ0) is 25.7. The molecule has 0 unspecified atom stereocenters. The molecule has 3 aromatic rings. The second-order valence-corrected chi connectivity index (χ2v) is 8.12. The number of methoxy groups -OCH3 is 3. The summed E-state index contributed by atoms with van der Waals surface area (Å²) in [5, 5.41) is 7.52. The molecule has 2 amide bonds. The number of hydrogen-bond acceptors (Lipinski definition) is 7. The molecule has 190 valence electrons. The molecule has 1 aromatic heterocycles. The predicted molar refractivity (Wildman–Crippen MR) is 132 cm³/mol. The number of aromatic nitrogens is 2. The number of fused-ring (bicyclic) bond motifs is 1. The van der Waals surface area contributed by atoms with Crippen molar-refractivity contribution in [2.75, 3.05) is 34.5 Å². The van der Waals surface area contributed by atoms with Crippen molar-refractivity contribution in [2.45, 2.75) is 26.4 Å². The molecule has 0 radical (unpaired) electrons. The normalized spacial score (nSPS) is 12.5. The summed E-state index contributed by atoms with van der Waals surface area (Å²) >= 11 is 0. The van der Waals surface area contributed by atoms with E-state index in [4.69, 9.17) is 18.9 Å². The lowest BCUT2D eigenvalue weighted by molar-refractivity contribution is 0.0516. The molecule has 0 saturated heterocycles. The van der Waals surface area contributed by atoms with Crippen LogP contribution >= 0.6 is 0 Å². The van der Waals surface area contributed by atoms with Crippen molar-refractivity contribution in [1.29, 1.82) is 0 Å². The van der Waals surface area contributed by atoms with Crippen LogP contribution in [0.3, 0.4) is 0 Å². The van der Waals surface area contributed by atoms with Crippen LogP contribution in [0.4, 0.5) is 4.79 Å². The summed E-state index contributed by atoms with van der Waals surface area (Å²) in [5.41, 5.74) is 3.47. The van der Waals surface area contributed by atoms with Crippen molar-refractivity contribution in [3.05, 3.63) is 65.0 Å². The first kappa shape index (κ1) is 24.9. The molecule has 0 aliphatic carbocycles. The van der Waals surface area contributed by atoms with Gasteiger partial charge in [-0.1, -0.05) is 6.07 Å². The summed E-state index contributed by atoms with van der Waals surface area (Å²) in [4.78, 5) is 27.4. The zero-order valence-electron chi connectivity index (χ0n) is 20.9. The van der Waals surface area contributed by atoms with Gasteiger partial charge in [0.15, 0.2) is 17.2 Å². The predicted octanol–water partition coefficient (Wildman–Crippen LogP) is 3.34. The van der Waals surface area contributed by atoms with Crippen LogP contribution in [0.25, 0.3) is 5.69 Å². The number of urea groups is 1. The number of rotatable bonds is 8. The number of carbonyl (C=O) groups excluding carboxylic acids is 2. The Kier molecular flexibility index (Phi) is 7.62. The fraction of sp³-hybridized carbons (Fsp3) is 0.346. The third-order valence-electron chi connectivity index (χ3n) is 6.02. The van der Waals surface area contributed by atoms with E-state index >= 15 is 0 Å². The highest BCUT2D eigenvalue weighted by Gasteiger charge is 2.31. The van der Waals surface area contributed by atoms with Gasteiger partial charge in [0.25, 0.3) is 0 Å². The topological polar surface area (TPSA) is 104 Å². The third kappa shape index (κ3) is 5.07. The molecule has 0 atom stereocenters. The van der Waals surface area contributed by atoms with Gasteiger partial charge in [0.05, 0.1) is 45.9 Å². The SMILES string of the molecule is CCOC(=O)c1nn(-c2ccc(OC)cc2)c2c1CN(C(=O)NCc1ccc(OC)c(OC)c1)CC2. The Hall–Kier alpha value is -4.21. The van der Waals surface area contributed by atoms with E-state index in [1.165, 1.54) is 0 Å². The maximum Gasteiger partial charge on any atom is 0.359 e. The minimum Gasteiger partial charge on any atom is -0.497 e. The van der Waals surface area contributed by atoms with Gasteiger partial charge in [0, 0.05) is 25.1 Å². The lowest BCUT2D eigenvalue weighted by atomic mass is 10.0. The molecule has 0 spiro atoms. The molecule has 10 nitrogen and oxygen atoms in total. The summed E-state index contributed by atoms with van der Waals surface area (Å²) in [6.07, 6.45) is 0.539. The van der Waals surface area contributed by atoms with Crippen LogP contribution < -0.4 is 19.5 Å². The Labute approximate surface area is 209 Å². The van der Waals surface area contributed by atoms with Crippen molar-refractivity contribution in [2.24, 2.45) is 0 Å². The van der Waals surface area contributed by atoms with Crippen molar-refractivity contribution < 1.29 is 28.5 Å². The van der Waals surface area contributed by atoms with Crippen LogP contribution in [0.5, 0.6) is 17.2 Å². The Morgan fingerprint density at radius 1 is 1.00 bits per heavy atom. The van der Waals surface area contributed by atoms with Crippen molar-refractivity contribution in [1.82, 2.24) is 20.0 Å². The molecule has 0 fully saturated rings. The molecule has 2 aromatic carbocycles. The fourth-order valence-electron chi connectivity index (χ4n) is 4.17. The molecule has 4 rings (SSSR count). The maximum atomic E-state index is 13.0. The number of nitrogens with one attached hydrogen (secondary N) is 1. The standard InChI is InChI=1S/C26H30N4O6/c1-5-36-25(31)24-20-16-29(26(32)27-15-17-6-11-22(34-3)23(14-17)35-4)13-12-21(20)30(28-24)18-7-9-19(33-2)10-8-18/h6-11,14H,5,12-13,15-16H2,1-4H3,(H,27,32). The van der Waals surface area contributed by atoms with Gasteiger partial charge in [-0.25, -0.2) is 14.3 Å². The van der Waals surface area contributed by atoms with Gasteiger partial charge >= 0.3 is 12.0 Å². The van der Waals surface area contributed by atoms with E-state index in [1.54, 1.807) is 43.9 Å². The summed E-state index contributed by atoms with van der Waals surface area (Å²) in [7, 11) is 4.75. The average molecular weight is 495 g/mol. The lowest BCUT2D eigenvalue weighted by Crippen LogP contribution is -2.42. The number of carbonyl (C=O) groups is 2. The zero-order valence-corrected chi connectivity index (χ0v) is 20.9. The van der Waals surface area contributed by atoms with Gasteiger partial charge < -0.3 is 29.2 Å². The molecular weight excluding hydrogens is 464 g/mol. The van der Waals surface area contributed by atoms with Gasteiger partial charge in [-0.05, 0) is 48.9 Å². The average Bonchev–Trinajstić information content (AvgIpc) is 3.30. The highest BCUT2D eigenvalue weighted by Crippen LogP contribution is 2.29. The van der Waals surface area contributed by atoms with E-state index in [0.29, 0.717) is 36.6 Å². The molecule has 36 heavy (non-hydrogen) atoms. The first-order chi connectivity index (χ1) is 17.5. The number of amides is 2. The Bertz CT molecular complexity index is 1240. The van der Waals surface area contributed by atoms with Crippen LogP contribution in [0.15, 0.2) is 42.5 Å². The number of nitrogens with zero attached hydrogens (tertiary/aromatic N) is 3. The largest absolute Gasteiger partial charge is 0.497 e.